The van der Waals surface area contributed by atoms with Crippen molar-refractivity contribution in [1.82, 2.24) is 14.9 Å². The van der Waals surface area contributed by atoms with Crippen LogP contribution < -0.4 is 5.73 Å². The Kier molecular flexibility index (Phi) is 7.97. The van der Waals surface area contributed by atoms with Gasteiger partial charge in [-0.3, -0.25) is 9.78 Å². The highest BCUT2D eigenvalue weighted by molar-refractivity contribution is 5.90. The topological polar surface area (TPSA) is 72.1 Å². The monoisotopic (exact) mass is 224 g/mol. The Labute approximate surface area is 96.7 Å². The molecule has 0 aliphatic rings. The van der Waals surface area contributed by atoms with Crippen LogP contribution in [0.1, 0.15) is 31.3 Å². The molecule has 16 heavy (non-hydrogen) atoms. The Morgan fingerprint density at radius 1 is 1.25 bits per heavy atom. The Bertz CT molecular complexity index is 280. The van der Waals surface area contributed by atoms with E-state index in [-0.39, 0.29) is 5.69 Å². The van der Waals surface area contributed by atoms with Crippen LogP contribution in [0.4, 0.5) is 0 Å². The standard InChI is InChI=1S/C6H15N.C5H5N3O/c1-4-7(5-2)6-3;6-5(9)4-3-7-1-2-8-4/h4-6H2,1-3H3;1-3H,(H2,6,9). The molecule has 0 saturated carbocycles. The van der Waals surface area contributed by atoms with E-state index in [9.17, 15) is 4.79 Å². The molecule has 1 aromatic rings. The van der Waals surface area contributed by atoms with Gasteiger partial charge in [0.15, 0.2) is 0 Å². The van der Waals surface area contributed by atoms with Crippen molar-refractivity contribution >= 4 is 5.91 Å². The molecule has 0 fully saturated rings. The number of nitrogens with zero attached hydrogens (tertiary/aromatic N) is 3. The van der Waals surface area contributed by atoms with E-state index in [0.717, 1.165) is 0 Å². The van der Waals surface area contributed by atoms with Crippen molar-refractivity contribution in [3.8, 4) is 0 Å². The molecular formula is C11H20N4O. The number of carbonyl (C=O) groups is 1. The molecule has 90 valence electrons. The van der Waals surface area contributed by atoms with Crippen molar-refractivity contribution in [1.29, 1.82) is 0 Å². The molecule has 0 spiro atoms. The molecule has 5 heteroatoms. The number of hydrogen-bond acceptors (Lipinski definition) is 4. The van der Waals surface area contributed by atoms with Crippen LogP contribution in [-0.2, 0) is 0 Å². The molecule has 0 aliphatic heterocycles. The van der Waals surface area contributed by atoms with Crippen molar-refractivity contribution in [3.63, 3.8) is 0 Å². The summed E-state index contributed by atoms with van der Waals surface area (Å²) in [7, 11) is 0. The molecular weight excluding hydrogens is 204 g/mol. The van der Waals surface area contributed by atoms with Crippen LogP contribution in [0.2, 0.25) is 0 Å². The molecule has 1 rings (SSSR count). The van der Waals surface area contributed by atoms with Gasteiger partial charge in [-0.1, -0.05) is 20.8 Å². The number of amides is 1. The zero-order valence-corrected chi connectivity index (χ0v) is 10.2. The zero-order chi connectivity index (χ0) is 12.4. The minimum Gasteiger partial charge on any atom is -0.364 e. The van der Waals surface area contributed by atoms with Crippen molar-refractivity contribution in [2.45, 2.75) is 20.8 Å². The van der Waals surface area contributed by atoms with Crippen LogP contribution in [0.15, 0.2) is 18.6 Å². The highest BCUT2D eigenvalue weighted by Crippen LogP contribution is 1.85. The summed E-state index contributed by atoms with van der Waals surface area (Å²) in [4.78, 5) is 20.0. The van der Waals surface area contributed by atoms with Gasteiger partial charge in [0, 0.05) is 12.4 Å². The molecule has 1 aromatic heterocycles. The van der Waals surface area contributed by atoms with Crippen molar-refractivity contribution in [3.05, 3.63) is 24.3 Å². The van der Waals surface area contributed by atoms with Gasteiger partial charge < -0.3 is 10.6 Å². The van der Waals surface area contributed by atoms with Gasteiger partial charge in [-0.25, -0.2) is 4.98 Å². The number of nitrogens with two attached hydrogens (primary N) is 1. The lowest BCUT2D eigenvalue weighted by atomic mass is 10.4. The van der Waals surface area contributed by atoms with E-state index < -0.39 is 5.91 Å². The fourth-order valence-corrected chi connectivity index (χ4v) is 1.10. The lowest BCUT2D eigenvalue weighted by Crippen LogP contribution is -2.21. The molecule has 0 atom stereocenters. The molecule has 0 radical (unpaired) electrons. The number of aromatic nitrogens is 2. The molecule has 1 heterocycles. The minimum atomic E-state index is -0.553. The second kappa shape index (κ2) is 8.79. The first kappa shape index (κ1) is 14.5. The number of rotatable bonds is 4. The van der Waals surface area contributed by atoms with E-state index in [4.69, 9.17) is 5.73 Å². The maximum absolute atomic E-state index is 10.3. The maximum atomic E-state index is 10.3. The predicted molar refractivity (Wildman–Crippen MR) is 64.0 cm³/mol. The van der Waals surface area contributed by atoms with Crippen molar-refractivity contribution < 1.29 is 4.79 Å². The van der Waals surface area contributed by atoms with E-state index in [2.05, 4.69) is 35.6 Å². The van der Waals surface area contributed by atoms with E-state index in [1.807, 2.05) is 0 Å². The van der Waals surface area contributed by atoms with E-state index in [0.29, 0.717) is 0 Å². The average molecular weight is 224 g/mol. The number of primary amides is 1. The van der Waals surface area contributed by atoms with Crippen LogP contribution in [0.25, 0.3) is 0 Å². The summed E-state index contributed by atoms with van der Waals surface area (Å²) in [6.07, 6.45) is 4.22. The summed E-state index contributed by atoms with van der Waals surface area (Å²) in [6.45, 7) is 10.1. The van der Waals surface area contributed by atoms with Gasteiger partial charge in [0.25, 0.3) is 5.91 Å². The Hall–Kier alpha value is -1.49. The van der Waals surface area contributed by atoms with Crippen LogP contribution in [0.3, 0.4) is 0 Å². The smallest absolute Gasteiger partial charge is 0.268 e. The quantitative estimate of drug-likeness (QED) is 0.825. The first-order valence-electron chi connectivity index (χ1n) is 5.43. The molecule has 5 nitrogen and oxygen atoms in total. The maximum Gasteiger partial charge on any atom is 0.268 e. The number of carbonyl (C=O) groups excluding carboxylic acids is 1. The van der Waals surface area contributed by atoms with Crippen molar-refractivity contribution in [2.75, 3.05) is 19.6 Å². The lowest BCUT2D eigenvalue weighted by molar-refractivity contribution is 0.0995. The van der Waals surface area contributed by atoms with Crippen molar-refractivity contribution in [2.24, 2.45) is 5.73 Å². The highest BCUT2D eigenvalue weighted by Gasteiger charge is 1.97. The van der Waals surface area contributed by atoms with Crippen LogP contribution in [0, 0.1) is 0 Å². The molecule has 2 N–H and O–H groups in total. The van der Waals surface area contributed by atoms with Gasteiger partial charge in [0.1, 0.15) is 5.69 Å². The summed E-state index contributed by atoms with van der Waals surface area (Å²) in [5.41, 5.74) is 5.06. The fourth-order valence-electron chi connectivity index (χ4n) is 1.10. The summed E-state index contributed by atoms with van der Waals surface area (Å²) in [6, 6.07) is 0. The molecule has 0 bridgehead atoms. The predicted octanol–water partition coefficient (Wildman–Crippen LogP) is 0.924. The second-order valence-electron chi connectivity index (χ2n) is 3.07. The number of hydrogen-bond donors (Lipinski definition) is 1. The van der Waals surface area contributed by atoms with Gasteiger partial charge in [-0.05, 0) is 19.6 Å². The largest absolute Gasteiger partial charge is 0.364 e. The summed E-state index contributed by atoms with van der Waals surface area (Å²) in [5, 5.41) is 0. The summed E-state index contributed by atoms with van der Waals surface area (Å²) >= 11 is 0. The molecule has 0 unspecified atom stereocenters. The zero-order valence-electron chi connectivity index (χ0n) is 10.2. The van der Waals surface area contributed by atoms with E-state index in [1.165, 1.54) is 38.2 Å². The third-order valence-corrected chi connectivity index (χ3v) is 2.16. The normalized spacial score (nSPS) is 9.50. The molecule has 0 aliphatic carbocycles. The third-order valence-electron chi connectivity index (χ3n) is 2.16. The lowest BCUT2D eigenvalue weighted by Gasteiger charge is -2.13. The molecule has 0 saturated heterocycles. The first-order chi connectivity index (χ1) is 7.65. The van der Waals surface area contributed by atoms with Crippen LogP contribution >= 0.6 is 0 Å². The Balaban J connectivity index is 0.000000293. The van der Waals surface area contributed by atoms with E-state index in [1.54, 1.807) is 0 Å². The van der Waals surface area contributed by atoms with E-state index >= 15 is 0 Å². The van der Waals surface area contributed by atoms with Gasteiger partial charge in [0.05, 0.1) is 6.20 Å². The Morgan fingerprint density at radius 3 is 2.00 bits per heavy atom. The fraction of sp³-hybridized carbons (Fsp3) is 0.545. The average Bonchev–Trinajstić information content (AvgIpc) is 2.33. The van der Waals surface area contributed by atoms with Gasteiger partial charge >= 0.3 is 0 Å². The SMILES string of the molecule is CCN(CC)CC.NC(=O)c1cnccn1. The summed E-state index contributed by atoms with van der Waals surface area (Å²) < 4.78 is 0. The van der Waals surface area contributed by atoms with Gasteiger partial charge in [0.2, 0.25) is 0 Å². The summed E-state index contributed by atoms with van der Waals surface area (Å²) in [5.74, 6) is -0.553. The van der Waals surface area contributed by atoms with Crippen LogP contribution in [-0.4, -0.2) is 40.4 Å². The van der Waals surface area contributed by atoms with Gasteiger partial charge in [-0.15, -0.1) is 0 Å². The van der Waals surface area contributed by atoms with Gasteiger partial charge in [-0.2, -0.15) is 0 Å². The minimum absolute atomic E-state index is 0.192. The molecule has 0 aromatic carbocycles. The highest BCUT2D eigenvalue weighted by atomic mass is 16.1. The third kappa shape index (κ3) is 6.08. The van der Waals surface area contributed by atoms with Crippen LogP contribution in [0.5, 0.6) is 0 Å². The Morgan fingerprint density at radius 2 is 1.81 bits per heavy atom. The first-order valence-corrected chi connectivity index (χ1v) is 5.43. The molecule has 1 amide bonds. The second-order valence-corrected chi connectivity index (χ2v) is 3.07.